The van der Waals surface area contributed by atoms with E-state index in [-0.39, 0.29) is 6.54 Å². The minimum Gasteiger partial charge on any atom is -0.480 e. The molecule has 0 aromatic carbocycles. The highest BCUT2D eigenvalue weighted by molar-refractivity contribution is 6.06. The van der Waals surface area contributed by atoms with Crippen LogP contribution >= 0.6 is 0 Å². The summed E-state index contributed by atoms with van der Waals surface area (Å²) in [5.41, 5.74) is 4.34. The molecule has 1 heterocycles. The molecule has 0 aromatic rings. The van der Waals surface area contributed by atoms with Gasteiger partial charge in [0.25, 0.3) is 5.91 Å². The Labute approximate surface area is 92.8 Å². The van der Waals surface area contributed by atoms with Crippen LogP contribution in [-0.4, -0.2) is 58.0 Å². The number of carbonyl (C=O) groups is 3. The molecule has 0 saturated carbocycles. The van der Waals surface area contributed by atoms with Gasteiger partial charge in [-0.25, -0.2) is 4.79 Å². The van der Waals surface area contributed by atoms with E-state index < -0.39 is 29.5 Å². The van der Waals surface area contributed by atoms with Gasteiger partial charge in [-0.2, -0.15) is 0 Å². The Kier molecular flexibility index (Phi) is 2.91. The smallest absolute Gasteiger partial charge is 0.327 e. The summed E-state index contributed by atoms with van der Waals surface area (Å²) >= 11 is 0. The molecule has 0 aliphatic carbocycles. The maximum absolute atomic E-state index is 11.8. The highest BCUT2D eigenvalue weighted by atomic mass is 16.4. The fourth-order valence-corrected chi connectivity index (χ4v) is 1.42. The second kappa shape index (κ2) is 3.75. The van der Waals surface area contributed by atoms with Crippen molar-refractivity contribution in [3.8, 4) is 0 Å². The van der Waals surface area contributed by atoms with Crippen LogP contribution in [0.5, 0.6) is 0 Å². The molecule has 1 unspecified atom stereocenters. The Hall–Kier alpha value is -1.63. The first-order valence-electron chi connectivity index (χ1n) is 4.77. The predicted molar refractivity (Wildman–Crippen MR) is 54.6 cm³/mol. The molecule has 1 aliphatic rings. The van der Waals surface area contributed by atoms with E-state index in [0.29, 0.717) is 0 Å². The monoisotopic (exact) mass is 229 g/mol. The molecule has 1 atom stereocenters. The van der Waals surface area contributed by atoms with E-state index in [1.54, 1.807) is 13.8 Å². The van der Waals surface area contributed by atoms with E-state index in [0.717, 1.165) is 4.90 Å². The van der Waals surface area contributed by atoms with E-state index in [4.69, 9.17) is 10.8 Å². The minimum absolute atomic E-state index is 0.305. The fraction of sp³-hybridized carbons (Fsp3) is 0.667. The van der Waals surface area contributed by atoms with Crippen molar-refractivity contribution in [1.82, 2.24) is 9.80 Å². The lowest BCUT2D eigenvalue weighted by Gasteiger charge is -2.22. The van der Waals surface area contributed by atoms with Crippen LogP contribution < -0.4 is 5.73 Å². The van der Waals surface area contributed by atoms with Crippen molar-refractivity contribution in [2.24, 2.45) is 5.73 Å². The van der Waals surface area contributed by atoms with Gasteiger partial charge in [-0.1, -0.05) is 0 Å². The number of amides is 3. The second-order valence-corrected chi connectivity index (χ2v) is 4.26. The largest absolute Gasteiger partial charge is 0.480 e. The normalized spacial score (nSPS) is 21.5. The standard InChI is InChI=1S/C9H15N3O4/c1-9(2)7(15)12(8(16)11(9)3)4-5(10)6(13)14/h5H,4,10H2,1-3H3,(H,13,14). The molecule has 1 saturated heterocycles. The van der Waals surface area contributed by atoms with Crippen molar-refractivity contribution in [3.05, 3.63) is 0 Å². The second-order valence-electron chi connectivity index (χ2n) is 4.26. The average Bonchev–Trinajstić information content (AvgIpc) is 2.33. The maximum atomic E-state index is 11.8. The number of carboxylic acids is 1. The lowest BCUT2D eigenvalue weighted by atomic mass is 10.1. The van der Waals surface area contributed by atoms with Gasteiger partial charge < -0.3 is 15.7 Å². The van der Waals surface area contributed by atoms with Crippen LogP contribution in [-0.2, 0) is 9.59 Å². The number of imide groups is 1. The number of carboxylic acid groups (broad SMARTS) is 1. The number of carbonyl (C=O) groups excluding carboxylic acids is 2. The topological polar surface area (TPSA) is 104 Å². The number of nitrogens with zero attached hydrogens (tertiary/aromatic N) is 2. The Morgan fingerprint density at radius 2 is 2.00 bits per heavy atom. The average molecular weight is 229 g/mol. The molecule has 7 nitrogen and oxygen atoms in total. The van der Waals surface area contributed by atoms with Gasteiger partial charge in [0, 0.05) is 7.05 Å². The van der Waals surface area contributed by atoms with Gasteiger partial charge in [-0.05, 0) is 13.8 Å². The van der Waals surface area contributed by atoms with Gasteiger partial charge in [0.1, 0.15) is 11.6 Å². The molecule has 16 heavy (non-hydrogen) atoms. The molecule has 0 spiro atoms. The van der Waals surface area contributed by atoms with Gasteiger partial charge in [-0.15, -0.1) is 0 Å². The van der Waals surface area contributed by atoms with Crippen molar-refractivity contribution in [2.45, 2.75) is 25.4 Å². The summed E-state index contributed by atoms with van der Waals surface area (Å²) in [5.74, 6) is -1.68. The molecule has 7 heteroatoms. The predicted octanol–water partition coefficient (Wildman–Crippen LogP) is -0.929. The van der Waals surface area contributed by atoms with Gasteiger partial charge in [0.15, 0.2) is 0 Å². The summed E-state index contributed by atoms with van der Waals surface area (Å²) in [6.45, 7) is 2.89. The first-order valence-corrected chi connectivity index (χ1v) is 4.77. The van der Waals surface area contributed by atoms with Gasteiger partial charge in [-0.3, -0.25) is 14.5 Å². The Morgan fingerprint density at radius 1 is 1.50 bits per heavy atom. The highest BCUT2D eigenvalue weighted by Gasteiger charge is 2.49. The van der Waals surface area contributed by atoms with Crippen molar-refractivity contribution in [2.75, 3.05) is 13.6 Å². The third kappa shape index (κ3) is 1.73. The zero-order chi connectivity index (χ0) is 12.7. The molecular formula is C9H15N3O4. The van der Waals surface area contributed by atoms with Crippen molar-refractivity contribution < 1.29 is 19.5 Å². The molecule has 90 valence electrons. The van der Waals surface area contributed by atoms with Crippen molar-refractivity contribution in [1.29, 1.82) is 0 Å². The van der Waals surface area contributed by atoms with E-state index in [9.17, 15) is 14.4 Å². The van der Waals surface area contributed by atoms with Crippen molar-refractivity contribution in [3.63, 3.8) is 0 Å². The summed E-state index contributed by atoms with van der Waals surface area (Å²) < 4.78 is 0. The summed E-state index contributed by atoms with van der Waals surface area (Å²) in [6, 6.07) is -1.78. The Balaban J connectivity index is 2.88. The number of rotatable bonds is 3. The first-order chi connectivity index (χ1) is 7.19. The van der Waals surface area contributed by atoms with Gasteiger partial charge >= 0.3 is 12.0 Å². The number of nitrogens with two attached hydrogens (primary N) is 1. The van der Waals surface area contributed by atoms with Crippen molar-refractivity contribution >= 4 is 17.9 Å². The van der Waals surface area contributed by atoms with Crippen LogP contribution in [0, 0.1) is 0 Å². The van der Waals surface area contributed by atoms with Crippen LogP contribution in [0.25, 0.3) is 0 Å². The maximum Gasteiger partial charge on any atom is 0.327 e. The molecule has 1 rings (SSSR count). The quantitative estimate of drug-likeness (QED) is 0.608. The Morgan fingerprint density at radius 3 is 2.31 bits per heavy atom. The number of aliphatic carboxylic acids is 1. The molecule has 1 fully saturated rings. The fourth-order valence-electron chi connectivity index (χ4n) is 1.42. The summed E-state index contributed by atoms with van der Waals surface area (Å²) in [4.78, 5) is 36.2. The van der Waals surface area contributed by atoms with E-state index in [2.05, 4.69) is 0 Å². The van der Waals surface area contributed by atoms with Crippen LogP contribution in [0.3, 0.4) is 0 Å². The van der Waals surface area contributed by atoms with Crippen LogP contribution in [0.4, 0.5) is 4.79 Å². The molecule has 1 aliphatic heterocycles. The lowest BCUT2D eigenvalue weighted by Crippen LogP contribution is -2.46. The van der Waals surface area contributed by atoms with Gasteiger partial charge in [0.2, 0.25) is 0 Å². The summed E-state index contributed by atoms with van der Waals surface area (Å²) in [6.07, 6.45) is 0. The number of hydrogen-bond acceptors (Lipinski definition) is 4. The highest BCUT2D eigenvalue weighted by Crippen LogP contribution is 2.25. The molecule has 0 radical (unpaired) electrons. The zero-order valence-electron chi connectivity index (χ0n) is 9.43. The number of urea groups is 1. The number of hydrogen-bond donors (Lipinski definition) is 2. The molecule has 3 N–H and O–H groups in total. The van der Waals surface area contributed by atoms with E-state index in [1.807, 2.05) is 0 Å². The minimum atomic E-state index is -1.25. The van der Waals surface area contributed by atoms with E-state index >= 15 is 0 Å². The summed E-state index contributed by atoms with van der Waals surface area (Å²) in [7, 11) is 1.49. The number of likely N-dealkylation sites (N-methyl/N-ethyl adjacent to an activating group) is 1. The molecule has 0 bridgehead atoms. The third-order valence-electron chi connectivity index (χ3n) is 2.82. The van der Waals surface area contributed by atoms with E-state index in [1.165, 1.54) is 11.9 Å². The Bertz CT molecular complexity index is 353. The summed E-state index contributed by atoms with van der Waals surface area (Å²) in [5, 5.41) is 8.62. The van der Waals surface area contributed by atoms with Crippen LogP contribution in [0.15, 0.2) is 0 Å². The zero-order valence-corrected chi connectivity index (χ0v) is 9.43. The molecule has 3 amide bonds. The molecular weight excluding hydrogens is 214 g/mol. The first kappa shape index (κ1) is 12.4. The van der Waals surface area contributed by atoms with Gasteiger partial charge in [0.05, 0.1) is 6.54 Å². The van der Waals surface area contributed by atoms with Crippen LogP contribution in [0.2, 0.25) is 0 Å². The third-order valence-corrected chi connectivity index (χ3v) is 2.82. The lowest BCUT2D eigenvalue weighted by molar-refractivity contribution is -0.139. The van der Waals surface area contributed by atoms with Crippen LogP contribution in [0.1, 0.15) is 13.8 Å². The SMILES string of the molecule is CN1C(=O)N(CC(N)C(=O)O)C(=O)C1(C)C. The molecule has 0 aromatic heterocycles.